The number of alkyl halides is 1. The van der Waals surface area contributed by atoms with Gasteiger partial charge in [0.15, 0.2) is 9.84 Å². The van der Waals surface area contributed by atoms with Crippen molar-refractivity contribution in [3.05, 3.63) is 29.8 Å². The third kappa shape index (κ3) is 2.86. The van der Waals surface area contributed by atoms with Crippen LogP contribution in [0.1, 0.15) is 5.56 Å². The molecule has 0 atom stereocenters. The fourth-order valence-electron chi connectivity index (χ4n) is 1.02. The lowest BCUT2D eigenvalue weighted by Crippen LogP contribution is -1.99. The van der Waals surface area contributed by atoms with Crippen LogP contribution in [0.15, 0.2) is 29.2 Å². The van der Waals surface area contributed by atoms with Gasteiger partial charge in [-0.1, -0.05) is 39.9 Å². The van der Waals surface area contributed by atoms with Gasteiger partial charge in [-0.05, 0) is 12.1 Å². The second-order valence-corrected chi connectivity index (χ2v) is 5.25. The molecule has 0 fully saturated rings. The molecule has 0 saturated carbocycles. The SMILES string of the molecule is CS(=O)(=O)c1ccccc1C#CCBr. The molecule has 0 aromatic heterocycles. The van der Waals surface area contributed by atoms with Gasteiger partial charge in [0.2, 0.25) is 0 Å². The van der Waals surface area contributed by atoms with E-state index in [0.717, 1.165) is 0 Å². The summed E-state index contributed by atoms with van der Waals surface area (Å²) in [5.41, 5.74) is 0.550. The van der Waals surface area contributed by atoms with Crippen LogP contribution in [0, 0.1) is 11.8 Å². The fraction of sp³-hybridized carbons (Fsp3) is 0.200. The lowest BCUT2D eigenvalue weighted by atomic mass is 10.2. The molecule has 0 amide bonds. The maximum atomic E-state index is 11.3. The van der Waals surface area contributed by atoms with Gasteiger partial charge in [0, 0.05) is 11.8 Å². The molecule has 0 aliphatic rings. The Morgan fingerprint density at radius 3 is 2.57 bits per heavy atom. The van der Waals surface area contributed by atoms with Crippen molar-refractivity contribution in [1.29, 1.82) is 0 Å². The highest BCUT2D eigenvalue weighted by atomic mass is 79.9. The molecule has 14 heavy (non-hydrogen) atoms. The second-order valence-electron chi connectivity index (χ2n) is 2.70. The van der Waals surface area contributed by atoms with Crippen molar-refractivity contribution in [2.24, 2.45) is 0 Å². The Morgan fingerprint density at radius 2 is 2.00 bits per heavy atom. The Labute approximate surface area is 92.4 Å². The lowest BCUT2D eigenvalue weighted by Gasteiger charge is -2.00. The Bertz CT molecular complexity index is 480. The van der Waals surface area contributed by atoms with E-state index in [0.29, 0.717) is 10.9 Å². The minimum Gasteiger partial charge on any atom is -0.224 e. The summed E-state index contributed by atoms with van der Waals surface area (Å²) >= 11 is 3.16. The first kappa shape index (κ1) is 11.3. The first-order valence-corrected chi connectivity index (χ1v) is 6.91. The van der Waals surface area contributed by atoms with Crippen molar-refractivity contribution in [3.63, 3.8) is 0 Å². The zero-order valence-corrected chi connectivity index (χ0v) is 10.0. The van der Waals surface area contributed by atoms with Gasteiger partial charge in [-0.25, -0.2) is 8.42 Å². The van der Waals surface area contributed by atoms with E-state index in [4.69, 9.17) is 0 Å². The normalized spacial score (nSPS) is 10.4. The highest BCUT2D eigenvalue weighted by Gasteiger charge is 2.10. The van der Waals surface area contributed by atoms with E-state index in [1.165, 1.54) is 6.26 Å². The third-order valence-electron chi connectivity index (χ3n) is 1.58. The quantitative estimate of drug-likeness (QED) is 0.578. The van der Waals surface area contributed by atoms with Crippen LogP contribution in [0.5, 0.6) is 0 Å². The average Bonchev–Trinajstić information content (AvgIpc) is 2.14. The molecule has 0 saturated heterocycles. The Morgan fingerprint density at radius 1 is 1.36 bits per heavy atom. The summed E-state index contributed by atoms with van der Waals surface area (Å²) in [4.78, 5) is 0.286. The third-order valence-corrected chi connectivity index (χ3v) is 3.01. The number of rotatable bonds is 1. The molecule has 0 bridgehead atoms. The first-order chi connectivity index (χ1) is 6.55. The number of sulfone groups is 1. The zero-order valence-electron chi connectivity index (χ0n) is 7.62. The predicted octanol–water partition coefficient (Wildman–Crippen LogP) is 1.84. The maximum absolute atomic E-state index is 11.3. The van der Waals surface area contributed by atoms with E-state index >= 15 is 0 Å². The number of hydrogen-bond acceptors (Lipinski definition) is 2. The molecule has 0 aliphatic carbocycles. The minimum absolute atomic E-state index is 0.286. The molecule has 1 aromatic carbocycles. The summed E-state index contributed by atoms with van der Waals surface area (Å²) in [7, 11) is -3.18. The number of hydrogen-bond donors (Lipinski definition) is 0. The van der Waals surface area contributed by atoms with Crippen LogP contribution in [0.3, 0.4) is 0 Å². The average molecular weight is 273 g/mol. The van der Waals surface area contributed by atoms with Gasteiger partial charge in [0.1, 0.15) is 0 Å². The second kappa shape index (κ2) is 4.63. The summed E-state index contributed by atoms with van der Waals surface area (Å²) in [6.07, 6.45) is 1.18. The van der Waals surface area contributed by atoms with E-state index in [9.17, 15) is 8.42 Å². The number of halogens is 1. The van der Waals surface area contributed by atoms with Crippen molar-refractivity contribution in [2.75, 3.05) is 11.6 Å². The van der Waals surface area contributed by atoms with Crippen LogP contribution in [0.2, 0.25) is 0 Å². The molecular formula is C10H9BrO2S. The van der Waals surface area contributed by atoms with Gasteiger partial charge in [-0.2, -0.15) is 0 Å². The summed E-state index contributed by atoms with van der Waals surface area (Å²) < 4.78 is 22.7. The molecule has 0 aliphatic heterocycles. The molecule has 1 rings (SSSR count). The highest BCUT2D eigenvalue weighted by Crippen LogP contribution is 2.13. The maximum Gasteiger partial charge on any atom is 0.176 e. The molecule has 4 heteroatoms. The van der Waals surface area contributed by atoms with Crippen LogP contribution >= 0.6 is 15.9 Å². The molecule has 0 spiro atoms. The van der Waals surface area contributed by atoms with Crippen molar-refractivity contribution >= 4 is 25.8 Å². The standard InChI is InChI=1S/C10H9BrO2S/c1-14(12,13)10-7-3-2-5-9(10)6-4-8-11/h2-3,5,7H,8H2,1H3. The van der Waals surface area contributed by atoms with Gasteiger partial charge in [0.05, 0.1) is 10.2 Å². The van der Waals surface area contributed by atoms with E-state index in [2.05, 4.69) is 27.8 Å². The van der Waals surface area contributed by atoms with E-state index in [-0.39, 0.29) is 4.90 Å². The first-order valence-electron chi connectivity index (χ1n) is 3.89. The van der Waals surface area contributed by atoms with Gasteiger partial charge in [-0.15, -0.1) is 0 Å². The molecule has 1 aromatic rings. The van der Waals surface area contributed by atoms with Gasteiger partial charge in [0.25, 0.3) is 0 Å². The zero-order chi connectivity index (χ0) is 10.6. The summed E-state index contributed by atoms with van der Waals surface area (Å²) in [5, 5.41) is 0.533. The monoisotopic (exact) mass is 272 g/mol. The largest absolute Gasteiger partial charge is 0.224 e. The molecule has 0 heterocycles. The van der Waals surface area contributed by atoms with E-state index < -0.39 is 9.84 Å². The van der Waals surface area contributed by atoms with Crippen molar-refractivity contribution in [1.82, 2.24) is 0 Å². The fourth-order valence-corrected chi connectivity index (χ4v) is 2.01. The molecule has 74 valence electrons. The topological polar surface area (TPSA) is 34.1 Å². The molecule has 2 nitrogen and oxygen atoms in total. The van der Waals surface area contributed by atoms with Crippen LogP contribution in [-0.4, -0.2) is 20.0 Å². The summed E-state index contributed by atoms with van der Waals surface area (Å²) in [6.45, 7) is 0. The van der Waals surface area contributed by atoms with Gasteiger partial charge >= 0.3 is 0 Å². The Hall–Kier alpha value is -0.790. The molecular weight excluding hydrogens is 264 g/mol. The number of benzene rings is 1. The Kier molecular flexibility index (Phi) is 3.73. The summed E-state index contributed by atoms with van der Waals surface area (Å²) in [5.74, 6) is 5.57. The smallest absolute Gasteiger partial charge is 0.176 e. The van der Waals surface area contributed by atoms with Crippen LogP contribution in [-0.2, 0) is 9.84 Å². The van der Waals surface area contributed by atoms with Gasteiger partial charge < -0.3 is 0 Å². The predicted molar refractivity (Wildman–Crippen MR) is 60.2 cm³/mol. The highest BCUT2D eigenvalue weighted by molar-refractivity contribution is 9.09. The van der Waals surface area contributed by atoms with Crippen molar-refractivity contribution in [2.45, 2.75) is 4.90 Å². The van der Waals surface area contributed by atoms with Crippen molar-refractivity contribution in [3.8, 4) is 11.8 Å². The summed E-state index contributed by atoms with van der Waals surface area (Å²) in [6, 6.07) is 6.72. The van der Waals surface area contributed by atoms with Crippen LogP contribution in [0.4, 0.5) is 0 Å². The Balaban J connectivity index is 3.31. The van der Waals surface area contributed by atoms with E-state index in [1.807, 2.05) is 0 Å². The van der Waals surface area contributed by atoms with Crippen molar-refractivity contribution < 1.29 is 8.42 Å². The lowest BCUT2D eigenvalue weighted by molar-refractivity contribution is 0.601. The van der Waals surface area contributed by atoms with Gasteiger partial charge in [-0.3, -0.25) is 0 Å². The van der Waals surface area contributed by atoms with E-state index in [1.54, 1.807) is 24.3 Å². The minimum atomic E-state index is -3.18. The molecule has 0 N–H and O–H groups in total. The van der Waals surface area contributed by atoms with Crippen LogP contribution < -0.4 is 0 Å². The molecule has 0 radical (unpaired) electrons. The van der Waals surface area contributed by atoms with Crippen LogP contribution in [0.25, 0.3) is 0 Å². The molecule has 0 unspecified atom stereocenters.